The number of benzene rings is 1. The molecule has 1 fully saturated rings. The Balaban J connectivity index is 1.57. The van der Waals surface area contributed by atoms with Gasteiger partial charge in [-0.05, 0) is 30.2 Å². The van der Waals surface area contributed by atoms with E-state index in [-0.39, 0.29) is 17.9 Å². The standard InChI is InChI=1S/C28H27F2N5O2/c1-2-23(29)25(24(30)19-37-18-20-6-4-3-5-7-20)26-22-10-13-35(21-8-11-31-12-9-21)27(22)33-28(32-26)34-14-16-36-17-15-34/h2-9,11-12,19H,1,10,13-18H2/b24-19-,25-23-. The van der Waals surface area contributed by atoms with Crippen LogP contribution in [-0.4, -0.2) is 47.8 Å². The summed E-state index contributed by atoms with van der Waals surface area (Å²) in [6.07, 6.45) is 5.84. The number of fused-ring (bicyclic) bond motifs is 1. The Hall–Kier alpha value is -4.11. The first-order valence-electron chi connectivity index (χ1n) is 12.1. The van der Waals surface area contributed by atoms with Gasteiger partial charge in [-0.2, -0.15) is 4.98 Å². The molecular formula is C28H27F2N5O2. The highest BCUT2D eigenvalue weighted by Crippen LogP contribution is 2.40. The summed E-state index contributed by atoms with van der Waals surface area (Å²) in [5.74, 6) is -0.687. The summed E-state index contributed by atoms with van der Waals surface area (Å²) in [5.41, 5.74) is 2.31. The Kier molecular flexibility index (Phi) is 7.51. The monoisotopic (exact) mass is 503 g/mol. The number of nitrogens with zero attached hydrogens (tertiary/aromatic N) is 5. The molecule has 0 bridgehead atoms. The second kappa shape index (κ2) is 11.3. The lowest BCUT2D eigenvalue weighted by Gasteiger charge is -2.28. The molecule has 1 aromatic carbocycles. The number of halogens is 2. The van der Waals surface area contributed by atoms with Crippen LogP contribution >= 0.6 is 0 Å². The van der Waals surface area contributed by atoms with Crippen LogP contribution in [0, 0.1) is 0 Å². The fraction of sp³-hybridized carbons (Fsp3) is 0.250. The SMILES string of the molecule is C=C/C(F)=C(\C(F)=C\OCc1ccccc1)c1nc(N2CCOCC2)nc2c1CCN2c1ccncc1. The first-order chi connectivity index (χ1) is 18.2. The highest BCUT2D eigenvalue weighted by molar-refractivity contribution is 5.84. The summed E-state index contributed by atoms with van der Waals surface area (Å²) in [7, 11) is 0. The second-order valence-corrected chi connectivity index (χ2v) is 8.57. The maximum atomic E-state index is 15.6. The molecule has 0 saturated carbocycles. The lowest BCUT2D eigenvalue weighted by atomic mass is 10.0. The Morgan fingerprint density at radius 1 is 1.03 bits per heavy atom. The van der Waals surface area contributed by atoms with E-state index in [4.69, 9.17) is 19.4 Å². The van der Waals surface area contributed by atoms with E-state index in [9.17, 15) is 0 Å². The summed E-state index contributed by atoms with van der Waals surface area (Å²) < 4.78 is 41.8. The molecule has 7 nitrogen and oxygen atoms in total. The van der Waals surface area contributed by atoms with Crippen molar-refractivity contribution in [3.63, 3.8) is 0 Å². The van der Waals surface area contributed by atoms with Crippen molar-refractivity contribution in [2.24, 2.45) is 0 Å². The van der Waals surface area contributed by atoms with Gasteiger partial charge in [-0.1, -0.05) is 36.9 Å². The summed E-state index contributed by atoms with van der Waals surface area (Å²) in [6.45, 7) is 6.47. The molecule has 190 valence electrons. The summed E-state index contributed by atoms with van der Waals surface area (Å²) in [4.78, 5) is 17.6. The zero-order valence-electron chi connectivity index (χ0n) is 20.3. The first-order valence-corrected chi connectivity index (χ1v) is 12.1. The van der Waals surface area contributed by atoms with Crippen molar-refractivity contribution in [1.82, 2.24) is 15.0 Å². The number of aromatic nitrogens is 3. The van der Waals surface area contributed by atoms with Gasteiger partial charge in [-0.15, -0.1) is 0 Å². The minimum atomic E-state index is -0.871. The Morgan fingerprint density at radius 3 is 2.51 bits per heavy atom. The zero-order chi connectivity index (χ0) is 25.6. The topological polar surface area (TPSA) is 63.6 Å². The van der Waals surface area contributed by atoms with Crippen molar-refractivity contribution >= 4 is 23.0 Å². The van der Waals surface area contributed by atoms with Crippen LogP contribution in [0.15, 0.2) is 85.4 Å². The number of ether oxygens (including phenoxy) is 2. The van der Waals surface area contributed by atoms with Crippen molar-refractivity contribution in [3.8, 4) is 0 Å². The normalized spacial score (nSPS) is 16.3. The molecule has 3 aromatic rings. The van der Waals surface area contributed by atoms with Gasteiger partial charge in [0.2, 0.25) is 5.95 Å². The predicted octanol–water partition coefficient (Wildman–Crippen LogP) is 5.30. The first kappa shape index (κ1) is 24.6. The minimum absolute atomic E-state index is 0.147. The number of hydrogen-bond donors (Lipinski definition) is 0. The van der Waals surface area contributed by atoms with Gasteiger partial charge in [0.15, 0.2) is 5.83 Å². The third-order valence-corrected chi connectivity index (χ3v) is 6.26. The lowest BCUT2D eigenvalue weighted by Crippen LogP contribution is -2.37. The molecule has 2 aromatic heterocycles. The van der Waals surface area contributed by atoms with Crippen LogP contribution in [0.4, 0.5) is 26.2 Å². The molecule has 2 aliphatic heterocycles. The number of pyridine rings is 1. The summed E-state index contributed by atoms with van der Waals surface area (Å²) in [6, 6.07) is 13.1. The molecule has 0 radical (unpaired) electrons. The zero-order valence-corrected chi connectivity index (χ0v) is 20.3. The van der Waals surface area contributed by atoms with E-state index in [0.717, 1.165) is 23.6 Å². The van der Waals surface area contributed by atoms with Crippen LogP contribution in [0.2, 0.25) is 0 Å². The molecular weight excluding hydrogens is 476 g/mol. The third-order valence-electron chi connectivity index (χ3n) is 6.26. The van der Waals surface area contributed by atoms with E-state index in [2.05, 4.69) is 11.6 Å². The van der Waals surface area contributed by atoms with Crippen LogP contribution in [-0.2, 0) is 22.5 Å². The second-order valence-electron chi connectivity index (χ2n) is 8.57. The molecule has 0 spiro atoms. The van der Waals surface area contributed by atoms with Gasteiger partial charge in [-0.25, -0.2) is 13.8 Å². The van der Waals surface area contributed by atoms with Crippen LogP contribution in [0.3, 0.4) is 0 Å². The average molecular weight is 504 g/mol. The summed E-state index contributed by atoms with van der Waals surface area (Å²) >= 11 is 0. The van der Waals surface area contributed by atoms with Gasteiger partial charge in [0, 0.05) is 43.3 Å². The van der Waals surface area contributed by atoms with Gasteiger partial charge >= 0.3 is 0 Å². The van der Waals surface area contributed by atoms with E-state index in [0.29, 0.717) is 56.6 Å². The molecule has 0 N–H and O–H groups in total. The largest absolute Gasteiger partial charge is 0.493 e. The quantitative estimate of drug-likeness (QED) is 0.305. The fourth-order valence-electron chi connectivity index (χ4n) is 4.42. The van der Waals surface area contributed by atoms with Gasteiger partial charge in [0.05, 0.1) is 24.5 Å². The Bertz CT molecular complexity index is 1310. The maximum Gasteiger partial charge on any atom is 0.228 e. The van der Waals surface area contributed by atoms with Gasteiger partial charge in [0.25, 0.3) is 0 Å². The maximum absolute atomic E-state index is 15.6. The van der Waals surface area contributed by atoms with Crippen molar-refractivity contribution in [3.05, 3.63) is 102 Å². The Labute approximate surface area is 214 Å². The van der Waals surface area contributed by atoms with Crippen molar-refractivity contribution in [2.75, 3.05) is 42.6 Å². The number of anilines is 3. The number of hydrogen-bond acceptors (Lipinski definition) is 7. The van der Waals surface area contributed by atoms with E-state index < -0.39 is 11.7 Å². The molecule has 9 heteroatoms. The molecule has 2 aliphatic rings. The summed E-state index contributed by atoms with van der Waals surface area (Å²) in [5, 5.41) is 0. The van der Waals surface area contributed by atoms with Crippen LogP contribution in [0.1, 0.15) is 16.8 Å². The van der Waals surface area contributed by atoms with Crippen molar-refractivity contribution < 1.29 is 18.3 Å². The molecule has 0 amide bonds. The molecule has 0 atom stereocenters. The van der Waals surface area contributed by atoms with Crippen molar-refractivity contribution in [2.45, 2.75) is 13.0 Å². The van der Waals surface area contributed by atoms with E-state index in [1.165, 1.54) is 0 Å². The number of allylic oxidation sites excluding steroid dienone is 4. The van der Waals surface area contributed by atoms with Gasteiger partial charge < -0.3 is 19.3 Å². The minimum Gasteiger partial charge on any atom is -0.493 e. The predicted molar refractivity (Wildman–Crippen MR) is 139 cm³/mol. The molecule has 1 saturated heterocycles. The van der Waals surface area contributed by atoms with Gasteiger partial charge in [0.1, 0.15) is 24.5 Å². The highest BCUT2D eigenvalue weighted by atomic mass is 19.1. The molecule has 0 unspecified atom stereocenters. The lowest BCUT2D eigenvalue weighted by molar-refractivity contribution is 0.122. The number of rotatable bonds is 8. The van der Waals surface area contributed by atoms with Gasteiger partial charge in [-0.3, -0.25) is 4.98 Å². The average Bonchev–Trinajstić information content (AvgIpc) is 3.39. The van der Waals surface area contributed by atoms with Crippen LogP contribution < -0.4 is 9.80 Å². The fourth-order valence-corrected chi connectivity index (χ4v) is 4.42. The Morgan fingerprint density at radius 2 is 1.78 bits per heavy atom. The molecule has 5 rings (SSSR count). The smallest absolute Gasteiger partial charge is 0.228 e. The highest BCUT2D eigenvalue weighted by Gasteiger charge is 2.32. The third kappa shape index (κ3) is 5.36. The molecule has 0 aliphatic carbocycles. The van der Waals surface area contributed by atoms with E-state index in [1.807, 2.05) is 52.3 Å². The van der Waals surface area contributed by atoms with E-state index >= 15 is 8.78 Å². The molecule has 37 heavy (non-hydrogen) atoms. The molecule has 4 heterocycles. The van der Waals surface area contributed by atoms with E-state index in [1.54, 1.807) is 12.4 Å². The number of morpholine rings is 1. The van der Waals surface area contributed by atoms with Crippen LogP contribution in [0.25, 0.3) is 5.57 Å². The van der Waals surface area contributed by atoms with Crippen LogP contribution in [0.5, 0.6) is 0 Å². The van der Waals surface area contributed by atoms with Crippen molar-refractivity contribution in [1.29, 1.82) is 0 Å².